The number of rotatable bonds is 6. The molecule has 0 aliphatic heterocycles. The molecule has 0 saturated heterocycles. The van der Waals surface area contributed by atoms with Crippen LogP contribution in [0, 0.1) is 0 Å². The quantitative estimate of drug-likeness (QED) is 0.755. The van der Waals surface area contributed by atoms with Crippen LogP contribution in [-0.4, -0.2) is 23.6 Å². The normalized spacial score (nSPS) is 10.5. The summed E-state index contributed by atoms with van der Waals surface area (Å²) in [7, 11) is 0. The lowest BCUT2D eigenvalue weighted by Gasteiger charge is -2.11. The highest BCUT2D eigenvalue weighted by molar-refractivity contribution is 5.87. The van der Waals surface area contributed by atoms with Crippen LogP contribution in [0.2, 0.25) is 0 Å². The number of hydrogen-bond acceptors (Lipinski definition) is 5. The van der Waals surface area contributed by atoms with Gasteiger partial charge in [-0.1, -0.05) is 13.8 Å². The Balaban J connectivity index is 2.60. The van der Waals surface area contributed by atoms with E-state index in [2.05, 4.69) is 24.1 Å². The summed E-state index contributed by atoms with van der Waals surface area (Å²) < 4.78 is 9.95. The van der Waals surface area contributed by atoms with Crippen LogP contribution >= 0.6 is 0 Å². The molecule has 1 heterocycles. The van der Waals surface area contributed by atoms with Crippen molar-refractivity contribution in [2.75, 3.05) is 11.9 Å². The zero-order valence-corrected chi connectivity index (χ0v) is 9.95. The van der Waals surface area contributed by atoms with E-state index in [0.717, 1.165) is 12.8 Å². The van der Waals surface area contributed by atoms with Gasteiger partial charge < -0.3 is 14.5 Å². The van der Waals surface area contributed by atoms with Crippen molar-refractivity contribution >= 4 is 12.0 Å². The molecule has 0 spiro atoms. The predicted octanol–water partition coefficient (Wildman–Crippen LogP) is 2.45. The molecule has 0 bridgehead atoms. The summed E-state index contributed by atoms with van der Waals surface area (Å²) in [6.07, 6.45) is 3.27. The highest BCUT2D eigenvalue weighted by atomic mass is 16.5. The van der Waals surface area contributed by atoms with Crippen LogP contribution in [0.3, 0.4) is 0 Å². The van der Waals surface area contributed by atoms with E-state index in [1.54, 1.807) is 6.92 Å². The van der Waals surface area contributed by atoms with Crippen molar-refractivity contribution in [3.63, 3.8) is 0 Å². The SMILES string of the molecule is CCOC(=O)c1coc(NC(CC)CC)n1. The third-order valence-electron chi connectivity index (χ3n) is 2.30. The van der Waals surface area contributed by atoms with Gasteiger partial charge in [-0.25, -0.2) is 4.79 Å². The Morgan fingerprint density at radius 3 is 2.75 bits per heavy atom. The van der Waals surface area contributed by atoms with Gasteiger partial charge in [0.15, 0.2) is 5.69 Å². The van der Waals surface area contributed by atoms with Crippen LogP contribution in [0.25, 0.3) is 0 Å². The van der Waals surface area contributed by atoms with Crippen molar-refractivity contribution in [1.82, 2.24) is 4.98 Å². The van der Waals surface area contributed by atoms with E-state index in [0.29, 0.717) is 18.7 Å². The summed E-state index contributed by atoms with van der Waals surface area (Å²) in [6.45, 7) is 6.25. The molecule has 0 fully saturated rings. The predicted molar refractivity (Wildman–Crippen MR) is 60.5 cm³/mol. The first-order valence-corrected chi connectivity index (χ1v) is 5.60. The van der Waals surface area contributed by atoms with Crippen molar-refractivity contribution in [2.24, 2.45) is 0 Å². The fraction of sp³-hybridized carbons (Fsp3) is 0.636. The number of nitrogens with one attached hydrogen (secondary N) is 1. The molecule has 1 aromatic rings. The number of carbonyl (C=O) groups is 1. The average molecular weight is 226 g/mol. The minimum absolute atomic E-state index is 0.204. The lowest BCUT2D eigenvalue weighted by Crippen LogP contribution is -2.17. The monoisotopic (exact) mass is 226 g/mol. The topological polar surface area (TPSA) is 64.4 Å². The number of carbonyl (C=O) groups excluding carboxylic acids is 1. The van der Waals surface area contributed by atoms with E-state index >= 15 is 0 Å². The standard InChI is InChI=1S/C11H18N2O3/c1-4-8(5-2)12-11-13-9(7-16-11)10(14)15-6-3/h7-8H,4-6H2,1-3H3,(H,12,13). The molecule has 0 aromatic carbocycles. The molecule has 16 heavy (non-hydrogen) atoms. The van der Waals surface area contributed by atoms with E-state index in [-0.39, 0.29) is 5.69 Å². The molecular weight excluding hydrogens is 208 g/mol. The summed E-state index contributed by atoms with van der Waals surface area (Å²) >= 11 is 0. The van der Waals surface area contributed by atoms with Crippen molar-refractivity contribution < 1.29 is 13.9 Å². The van der Waals surface area contributed by atoms with Gasteiger partial charge in [0.25, 0.3) is 6.01 Å². The van der Waals surface area contributed by atoms with Gasteiger partial charge in [0.05, 0.1) is 6.61 Å². The van der Waals surface area contributed by atoms with E-state index in [4.69, 9.17) is 9.15 Å². The number of esters is 1. The van der Waals surface area contributed by atoms with Gasteiger partial charge in [-0.05, 0) is 19.8 Å². The highest BCUT2D eigenvalue weighted by Gasteiger charge is 2.14. The molecular formula is C11H18N2O3. The Bertz CT molecular complexity index is 332. The zero-order chi connectivity index (χ0) is 12.0. The van der Waals surface area contributed by atoms with Crippen LogP contribution in [0.5, 0.6) is 0 Å². The summed E-state index contributed by atoms with van der Waals surface area (Å²) in [5, 5.41) is 3.11. The van der Waals surface area contributed by atoms with Gasteiger partial charge in [-0.15, -0.1) is 0 Å². The van der Waals surface area contributed by atoms with Gasteiger partial charge in [0.2, 0.25) is 0 Å². The Hall–Kier alpha value is -1.52. The second-order valence-corrected chi connectivity index (χ2v) is 3.42. The maximum absolute atomic E-state index is 11.3. The van der Waals surface area contributed by atoms with Crippen molar-refractivity contribution in [3.8, 4) is 0 Å². The van der Waals surface area contributed by atoms with Gasteiger partial charge in [0, 0.05) is 6.04 Å². The zero-order valence-electron chi connectivity index (χ0n) is 9.95. The third-order valence-corrected chi connectivity index (χ3v) is 2.30. The molecule has 0 unspecified atom stereocenters. The van der Waals surface area contributed by atoms with Crippen molar-refractivity contribution in [1.29, 1.82) is 0 Å². The maximum atomic E-state index is 11.3. The van der Waals surface area contributed by atoms with Crippen LogP contribution in [0.4, 0.5) is 6.01 Å². The third kappa shape index (κ3) is 3.25. The van der Waals surface area contributed by atoms with Gasteiger partial charge in [-0.2, -0.15) is 4.98 Å². The molecule has 0 atom stereocenters. The molecule has 1 N–H and O–H groups in total. The Kier molecular flexibility index (Phi) is 4.82. The average Bonchev–Trinajstić information content (AvgIpc) is 2.74. The van der Waals surface area contributed by atoms with Crippen LogP contribution in [-0.2, 0) is 4.74 Å². The smallest absolute Gasteiger partial charge is 0.360 e. The molecule has 0 aliphatic carbocycles. The maximum Gasteiger partial charge on any atom is 0.360 e. The number of anilines is 1. The van der Waals surface area contributed by atoms with Crippen LogP contribution < -0.4 is 5.32 Å². The molecule has 0 aliphatic rings. The van der Waals surface area contributed by atoms with Gasteiger partial charge >= 0.3 is 5.97 Å². The Morgan fingerprint density at radius 2 is 2.19 bits per heavy atom. The second kappa shape index (κ2) is 6.15. The Labute approximate surface area is 95.2 Å². The van der Waals surface area contributed by atoms with E-state index in [1.807, 2.05) is 0 Å². The minimum Gasteiger partial charge on any atom is -0.461 e. The lowest BCUT2D eigenvalue weighted by molar-refractivity contribution is 0.0519. The lowest BCUT2D eigenvalue weighted by atomic mass is 10.2. The first-order valence-electron chi connectivity index (χ1n) is 5.60. The molecule has 0 saturated carbocycles. The van der Waals surface area contributed by atoms with E-state index < -0.39 is 5.97 Å². The number of hydrogen-bond donors (Lipinski definition) is 1. The molecule has 0 amide bonds. The fourth-order valence-electron chi connectivity index (χ4n) is 1.31. The number of oxazole rings is 1. The fourth-order valence-corrected chi connectivity index (χ4v) is 1.31. The van der Waals surface area contributed by atoms with E-state index in [9.17, 15) is 4.79 Å². The molecule has 90 valence electrons. The van der Waals surface area contributed by atoms with Crippen molar-refractivity contribution in [3.05, 3.63) is 12.0 Å². The number of aromatic nitrogens is 1. The van der Waals surface area contributed by atoms with Crippen LogP contribution in [0.1, 0.15) is 44.1 Å². The molecule has 1 rings (SSSR count). The summed E-state index contributed by atoms with van der Waals surface area (Å²) in [4.78, 5) is 15.3. The number of ether oxygens (including phenoxy) is 1. The molecule has 5 heteroatoms. The highest BCUT2D eigenvalue weighted by Crippen LogP contribution is 2.12. The molecule has 0 radical (unpaired) electrons. The molecule has 1 aromatic heterocycles. The summed E-state index contributed by atoms with van der Waals surface area (Å²) in [5.74, 6) is -0.455. The second-order valence-electron chi connectivity index (χ2n) is 3.42. The van der Waals surface area contributed by atoms with E-state index in [1.165, 1.54) is 6.26 Å². The van der Waals surface area contributed by atoms with Crippen molar-refractivity contribution in [2.45, 2.75) is 39.7 Å². The Morgan fingerprint density at radius 1 is 1.50 bits per heavy atom. The minimum atomic E-state index is -0.455. The first kappa shape index (κ1) is 12.5. The largest absolute Gasteiger partial charge is 0.461 e. The molecule has 5 nitrogen and oxygen atoms in total. The van der Waals surface area contributed by atoms with Gasteiger partial charge in [0.1, 0.15) is 6.26 Å². The van der Waals surface area contributed by atoms with Gasteiger partial charge in [-0.3, -0.25) is 0 Å². The first-order chi connectivity index (χ1) is 7.71. The van der Waals surface area contributed by atoms with Crippen LogP contribution in [0.15, 0.2) is 10.7 Å². The summed E-state index contributed by atoms with van der Waals surface area (Å²) in [5.41, 5.74) is 0.204. The number of nitrogens with zero attached hydrogens (tertiary/aromatic N) is 1. The summed E-state index contributed by atoms with van der Waals surface area (Å²) in [6, 6.07) is 0.686.